The van der Waals surface area contributed by atoms with Gasteiger partial charge in [-0.3, -0.25) is 4.79 Å². The number of benzene rings is 1. The molecule has 0 aliphatic rings. The van der Waals surface area contributed by atoms with E-state index in [1.54, 1.807) is 24.3 Å². The van der Waals surface area contributed by atoms with Crippen LogP contribution in [-0.2, 0) is 14.3 Å². The lowest BCUT2D eigenvalue weighted by atomic mass is 10.1. The Bertz CT molecular complexity index is 556. The number of ketones is 1. The van der Waals surface area contributed by atoms with Gasteiger partial charge in [0.2, 0.25) is 0 Å². The van der Waals surface area contributed by atoms with Gasteiger partial charge in [-0.25, -0.2) is 4.79 Å². The van der Waals surface area contributed by atoms with Gasteiger partial charge in [0, 0.05) is 5.56 Å². The number of rotatable bonds is 3. The minimum absolute atomic E-state index is 0.166. The third kappa shape index (κ3) is 4.32. The molecule has 0 fully saturated rings. The average Bonchev–Trinajstić information content (AvgIpc) is 2.42. The minimum atomic E-state index is -0.400. The van der Waals surface area contributed by atoms with Gasteiger partial charge in [-0.15, -0.1) is 0 Å². The lowest BCUT2D eigenvalue weighted by Crippen LogP contribution is -2.00. The van der Waals surface area contributed by atoms with Gasteiger partial charge in [0.15, 0.2) is 5.78 Å². The molecule has 1 aromatic carbocycles. The molecule has 1 aromatic rings. The molecule has 0 atom stereocenters. The Morgan fingerprint density at radius 1 is 1.16 bits per heavy atom. The molecular weight excluding hydrogens is 244 g/mol. The van der Waals surface area contributed by atoms with Gasteiger partial charge >= 0.3 is 5.97 Å². The van der Waals surface area contributed by atoms with Crippen molar-refractivity contribution in [2.24, 2.45) is 0 Å². The first kappa shape index (κ1) is 14.5. The molecule has 1 rings (SSSR count). The lowest BCUT2D eigenvalue weighted by Gasteiger charge is -1.98. The van der Waals surface area contributed by atoms with Crippen LogP contribution in [0.15, 0.2) is 36.1 Å². The molecule has 4 heteroatoms. The van der Waals surface area contributed by atoms with Crippen molar-refractivity contribution in [2.75, 3.05) is 14.2 Å². The summed E-state index contributed by atoms with van der Waals surface area (Å²) >= 11 is 0. The number of carbonyl (C=O) groups is 2. The molecule has 0 unspecified atom stereocenters. The first-order valence-corrected chi connectivity index (χ1v) is 5.52. The Labute approximate surface area is 112 Å². The molecule has 0 saturated heterocycles. The van der Waals surface area contributed by atoms with Gasteiger partial charge in [-0.1, -0.05) is 11.8 Å². The largest absolute Gasteiger partial charge is 0.503 e. The number of hydrogen-bond acceptors (Lipinski definition) is 4. The molecule has 0 aliphatic heterocycles. The Hall–Kier alpha value is -2.54. The van der Waals surface area contributed by atoms with Crippen LogP contribution in [0.5, 0.6) is 0 Å². The Kier molecular flexibility index (Phi) is 5.36. The van der Waals surface area contributed by atoms with Crippen LogP contribution >= 0.6 is 0 Å². The van der Waals surface area contributed by atoms with Crippen molar-refractivity contribution in [3.63, 3.8) is 0 Å². The third-order valence-electron chi connectivity index (χ3n) is 2.26. The fourth-order valence-electron chi connectivity index (χ4n) is 1.27. The summed E-state index contributed by atoms with van der Waals surface area (Å²) in [7, 11) is 2.78. The topological polar surface area (TPSA) is 52.6 Å². The van der Waals surface area contributed by atoms with Crippen molar-refractivity contribution in [1.29, 1.82) is 0 Å². The van der Waals surface area contributed by atoms with E-state index in [1.165, 1.54) is 27.4 Å². The molecule has 0 aromatic heterocycles. The van der Waals surface area contributed by atoms with Crippen molar-refractivity contribution in [1.82, 2.24) is 0 Å². The van der Waals surface area contributed by atoms with E-state index >= 15 is 0 Å². The van der Waals surface area contributed by atoms with E-state index in [2.05, 4.69) is 16.6 Å². The second-order valence-electron chi connectivity index (χ2n) is 3.64. The summed E-state index contributed by atoms with van der Waals surface area (Å²) in [6.45, 7) is 1.42. The zero-order valence-corrected chi connectivity index (χ0v) is 11.0. The van der Waals surface area contributed by atoms with Crippen LogP contribution in [0.4, 0.5) is 0 Å². The van der Waals surface area contributed by atoms with E-state index in [9.17, 15) is 9.59 Å². The molecule has 98 valence electrons. The standard InChI is InChI=1S/C15H14O4/c1-11(16)14(10-18-2)9-6-12-4-7-13(8-5-12)15(17)19-3/h4-5,7-8,10H,1-3H3/b14-10+. The number of Topliss-reactive ketones (excluding diaryl/α,β-unsaturated/α-hetero) is 1. The maximum absolute atomic E-state index is 11.2. The van der Waals surface area contributed by atoms with Gasteiger partial charge < -0.3 is 9.47 Å². The van der Waals surface area contributed by atoms with Crippen LogP contribution in [0.2, 0.25) is 0 Å². The third-order valence-corrected chi connectivity index (χ3v) is 2.26. The summed E-state index contributed by atoms with van der Waals surface area (Å²) < 4.78 is 9.36. The molecular formula is C15H14O4. The summed E-state index contributed by atoms with van der Waals surface area (Å²) in [5.41, 5.74) is 1.43. The number of hydrogen-bond donors (Lipinski definition) is 0. The van der Waals surface area contributed by atoms with Crippen LogP contribution in [0, 0.1) is 11.8 Å². The molecule has 0 amide bonds. The zero-order chi connectivity index (χ0) is 14.3. The van der Waals surface area contributed by atoms with Crippen molar-refractivity contribution >= 4 is 11.8 Å². The van der Waals surface area contributed by atoms with Crippen molar-refractivity contribution in [2.45, 2.75) is 6.92 Å². The lowest BCUT2D eigenvalue weighted by molar-refractivity contribution is -0.113. The molecule has 0 bridgehead atoms. The van der Waals surface area contributed by atoms with E-state index in [4.69, 9.17) is 4.74 Å². The van der Waals surface area contributed by atoms with Crippen LogP contribution in [0.3, 0.4) is 0 Å². The van der Waals surface area contributed by atoms with Gasteiger partial charge in [0.1, 0.15) is 11.8 Å². The van der Waals surface area contributed by atoms with E-state index in [0.29, 0.717) is 16.7 Å². The second-order valence-corrected chi connectivity index (χ2v) is 3.64. The van der Waals surface area contributed by atoms with Crippen molar-refractivity contribution in [3.8, 4) is 11.8 Å². The Morgan fingerprint density at radius 3 is 2.26 bits per heavy atom. The number of methoxy groups -OCH3 is 2. The first-order chi connectivity index (χ1) is 9.08. The molecule has 4 nitrogen and oxygen atoms in total. The first-order valence-electron chi connectivity index (χ1n) is 5.52. The van der Waals surface area contributed by atoms with Gasteiger partial charge in [-0.2, -0.15) is 0 Å². The summed E-state index contributed by atoms with van der Waals surface area (Å²) in [5.74, 6) is 4.98. The van der Waals surface area contributed by atoms with Crippen LogP contribution in [-0.4, -0.2) is 26.0 Å². The Balaban J connectivity index is 2.92. The quantitative estimate of drug-likeness (QED) is 0.360. The minimum Gasteiger partial charge on any atom is -0.503 e. The van der Waals surface area contributed by atoms with E-state index < -0.39 is 5.97 Å². The molecule has 0 N–H and O–H groups in total. The fourth-order valence-corrected chi connectivity index (χ4v) is 1.27. The van der Waals surface area contributed by atoms with Crippen LogP contribution in [0.25, 0.3) is 0 Å². The van der Waals surface area contributed by atoms with Gasteiger partial charge in [0.05, 0.1) is 19.8 Å². The highest BCUT2D eigenvalue weighted by molar-refractivity contribution is 5.97. The highest BCUT2D eigenvalue weighted by Crippen LogP contribution is 2.05. The van der Waals surface area contributed by atoms with E-state index in [-0.39, 0.29) is 5.78 Å². The van der Waals surface area contributed by atoms with Gasteiger partial charge in [-0.05, 0) is 31.2 Å². The molecule has 19 heavy (non-hydrogen) atoms. The number of carbonyl (C=O) groups excluding carboxylic acids is 2. The number of allylic oxidation sites excluding steroid dienone is 1. The predicted octanol–water partition coefficient (Wildman–Crippen LogP) is 1.94. The predicted molar refractivity (Wildman–Crippen MR) is 70.4 cm³/mol. The second kappa shape index (κ2) is 7.02. The van der Waals surface area contributed by atoms with Crippen molar-refractivity contribution in [3.05, 3.63) is 47.2 Å². The molecule has 0 aliphatic carbocycles. The zero-order valence-electron chi connectivity index (χ0n) is 11.0. The summed E-state index contributed by atoms with van der Waals surface area (Å²) in [6.07, 6.45) is 1.30. The molecule has 0 radical (unpaired) electrons. The molecule has 0 saturated carbocycles. The SMILES string of the molecule is CO/C=C(\C#Cc1ccc(C(=O)OC)cc1)C(C)=O. The molecule has 0 spiro atoms. The van der Waals surface area contributed by atoms with Gasteiger partial charge in [0.25, 0.3) is 0 Å². The monoisotopic (exact) mass is 258 g/mol. The van der Waals surface area contributed by atoms with E-state index in [1.807, 2.05) is 0 Å². The average molecular weight is 258 g/mol. The smallest absolute Gasteiger partial charge is 0.337 e. The Morgan fingerprint density at radius 2 is 1.79 bits per heavy atom. The number of esters is 1. The highest BCUT2D eigenvalue weighted by atomic mass is 16.5. The maximum Gasteiger partial charge on any atom is 0.337 e. The van der Waals surface area contributed by atoms with E-state index in [0.717, 1.165) is 0 Å². The maximum atomic E-state index is 11.2. The summed E-state index contributed by atoms with van der Waals surface area (Å²) in [4.78, 5) is 22.5. The van der Waals surface area contributed by atoms with Crippen LogP contribution < -0.4 is 0 Å². The summed E-state index contributed by atoms with van der Waals surface area (Å²) in [5, 5.41) is 0. The normalized spacial score (nSPS) is 10.2. The van der Waals surface area contributed by atoms with Crippen molar-refractivity contribution < 1.29 is 19.1 Å². The molecule has 0 heterocycles. The summed E-state index contributed by atoms with van der Waals surface area (Å²) in [6, 6.07) is 6.60. The highest BCUT2D eigenvalue weighted by Gasteiger charge is 2.03. The van der Waals surface area contributed by atoms with Crippen LogP contribution in [0.1, 0.15) is 22.8 Å². The number of ether oxygens (including phenoxy) is 2. The fraction of sp³-hybridized carbons (Fsp3) is 0.200.